The Morgan fingerprint density at radius 1 is 0.648 bits per heavy atom. The van der Waals surface area contributed by atoms with Crippen molar-refractivity contribution in [2.45, 2.75) is 136 Å². The van der Waals surface area contributed by atoms with E-state index in [9.17, 15) is 53.1 Å². The Kier molecular flexibility index (Phi) is 28.4. The number of carboxylic acid groups (broad SMARTS) is 1. The van der Waals surface area contributed by atoms with Crippen LogP contribution in [0.25, 0.3) is 0 Å². The highest BCUT2D eigenvalue weighted by Crippen LogP contribution is 2.28. The third-order valence-electron chi connectivity index (χ3n) is 9.18. The van der Waals surface area contributed by atoms with Gasteiger partial charge in [0.05, 0.1) is 13.0 Å². The van der Waals surface area contributed by atoms with Crippen LogP contribution in [-0.4, -0.2) is 145 Å². The first-order chi connectivity index (χ1) is 33.0. The highest BCUT2D eigenvalue weighted by atomic mass is 35.5. The SMILES string of the molecule is CC(C)(C)SC(NC(=O)C(CCCCN)NC(=O)CCl)C(=O)NC(CCCN=C(N)N)C(=O)NCC(=O)NC(CC(=O)O)C(=O)NC(SC(C)(C)C)C(=O)NC(Cc1ccccc1)C(=O)NC(S)C(N)=O. The molecule has 7 atom stereocenters. The Morgan fingerprint density at radius 2 is 1.14 bits per heavy atom. The number of nitrogens with one attached hydrogen (secondary N) is 8. The lowest BCUT2D eigenvalue weighted by atomic mass is 10.1. The number of nitrogens with two attached hydrogens (primary N) is 4. The average molecular weight is 1080 g/mol. The number of hydrogen-bond donors (Lipinski definition) is 14. The van der Waals surface area contributed by atoms with E-state index in [1.165, 1.54) is 0 Å². The van der Waals surface area contributed by atoms with Crippen LogP contribution >= 0.6 is 47.8 Å². The standard InChI is InChI=1S/C43H70ClN13O11S3/c1-42(2,3)70-39(56-33(64)25(15-10-11-17-45)51-28(58)21-44)36(67)53-24(16-12-18-49-41(47)48)32(63)50-22-29(59)52-27(20-30(60)61)35(66)57-40(71-43(4,5)6)37(68)54-26(19-23-13-8-7-9-14-23)34(65)55-38(69)31(46)62/h7-9,13-14,24-27,38-40,69H,10-12,15-22,45H2,1-6H3,(H2,46,62)(H,50,63)(H,51,58)(H,52,59)(H,53,67)(H,54,68)(H,55,65)(H,56,64)(H,57,66)(H,60,61)(H4,47,48,49). The van der Waals surface area contributed by atoms with E-state index in [0.29, 0.717) is 24.9 Å². The average Bonchev–Trinajstić information content (AvgIpc) is 3.26. The molecule has 7 unspecified atom stereocenters. The van der Waals surface area contributed by atoms with Gasteiger partial charge in [0.2, 0.25) is 41.4 Å². The minimum atomic E-state index is -1.81. The van der Waals surface area contributed by atoms with Crippen LogP contribution in [0.15, 0.2) is 35.3 Å². The van der Waals surface area contributed by atoms with Crippen LogP contribution in [-0.2, 0) is 54.4 Å². The van der Waals surface area contributed by atoms with Gasteiger partial charge in [0.15, 0.2) is 22.1 Å². The number of primary amides is 1. The Labute approximate surface area is 432 Å². The van der Waals surface area contributed by atoms with Gasteiger partial charge < -0.3 is 70.6 Å². The van der Waals surface area contributed by atoms with E-state index in [1.54, 1.807) is 71.9 Å². The quantitative estimate of drug-likeness (QED) is 0.00954. The summed E-state index contributed by atoms with van der Waals surface area (Å²) in [5.41, 5.74) is 22.4. The molecule has 1 rings (SSSR count). The van der Waals surface area contributed by atoms with Crippen LogP contribution in [0.5, 0.6) is 0 Å². The Hall–Kier alpha value is -5.51. The topological polar surface area (TPSA) is 404 Å². The van der Waals surface area contributed by atoms with Crippen molar-refractivity contribution in [1.82, 2.24) is 42.5 Å². The number of benzene rings is 1. The molecule has 0 aliphatic rings. The number of nitrogens with zero attached hydrogens (tertiary/aromatic N) is 1. The minimum Gasteiger partial charge on any atom is -0.481 e. The normalized spacial score (nSPS) is 14.3. The number of amides is 9. The maximum Gasteiger partial charge on any atom is 0.305 e. The second kappa shape index (κ2) is 31.7. The molecule has 0 radical (unpaired) electrons. The summed E-state index contributed by atoms with van der Waals surface area (Å²) in [6.07, 6.45) is 0.229. The van der Waals surface area contributed by atoms with Crippen LogP contribution in [0.2, 0.25) is 0 Å². The van der Waals surface area contributed by atoms with Crippen molar-refractivity contribution < 1.29 is 53.1 Å². The van der Waals surface area contributed by atoms with Gasteiger partial charge in [-0.2, -0.15) is 0 Å². The van der Waals surface area contributed by atoms with E-state index in [0.717, 1.165) is 23.5 Å². The number of halogens is 1. The lowest BCUT2D eigenvalue weighted by Gasteiger charge is -2.29. The third kappa shape index (κ3) is 27.6. The number of carbonyl (C=O) groups is 10. The fraction of sp³-hybridized carbons (Fsp3) is 0.605. The molecule has 1 aromatic carbocycles. The predicted octanol–water partition coefficient (Wildman–Crippen LogP) is -2.01. The highest BCUT2D eigenvalue weighted by Gasteiger charge is 2.36. The number of thioether (sulfide) groups is 2. The molecule has 0 fully saturated rings. The van der Waals surface area contributed by atoms with Gasteiger partial charge in [-0.15, -0.1) is 47.8 Å². The van der Waals surface area contributed by atoms with Crippen LogP contribution in [0.3, 0.4) is 0 Å². The monoisotopic (exact) mass is 1080 g/mol. The molecule has 24 nitrogen and oxygen atoms in total. The number of carboxylic acids is 1. The number of aliphatic carboxylic acids is 1. The molecule has 0 spiro atoms. The molecule has 0 aromatic heterocycles. The molecule has 1 aromatic rings. The Morgan fingerprint density at radius 3 is 1.63 bits per heavy atom. The maximum atomic E-state index is 13.9. The van der Waals surface area contributed by atoms with E-state index in [2.05, 4.69) is 60.2 Å². The van der Waals surface area contributed by atoms with Gasteiger partial charge in [-0.1, -0.05) is 71.9 Å². The maximum absolute atomic E-state index is 13.9. The first-order valence-electron chi connectivity index (χ1n) is 22.3. The molecule has 0 saturated carbocycles. The number of aliphatic imine (C=N–C) groups is 1. The number of alkyl halides is 1. The summed E-state index contributed by atoms with van der Waals surface area (Å²) < 4.78 is -1.36. The van der Waals surface area contributed by atoms with Gasteiger partial charge in [0, 0.05) is 22.5 Å². The summed E-state index contributed by atoms with van der Waals surface area (Å²) in [5, 5.41) is 25.3. The van der Waals surface area contributed by atoms with Crippen molar-refractivity contribution in [3.8, 4) is 0 Å². The zero-order chi connectivity index (χ0) is 54.1. The zero-order valence-electron chi connectivity index (χ0n) is 40.6. The van der Waals surface area contributed by atoms with E-state index >= 15 is 0 Å². The molecule has 71 heavy (non-hydrogen) atoms. The molecular formula is C43H70ClN13O11S3. The molecule has 0 saturated heterocycles. The summed E-state index contributed by atoms with van der Waals surface area (Å²) in [5.74, 6) is -10.0. The van der Waals surface area contributed by atoms with Crippen LogP contribution in [0.1, 0.15) is 85.6 Å². The van der Waals surface area contributed by atoms with Crippen molar-refractivity contribution in [2.75, 3.05) is 25.5 Å². The summed E-state index contributed by atoms with van der Waals surface area (Å²) in [6.45, 7) is 10.1. The first kappa shape index (κ1) is 63.5. The van der Waals surface area contributed by atoms with Crippen molar-refractivity contribution in [1.29, 1.82) is 0 Å². The lowest BCUT2D eigenvalue weighted by Crippen LogP contribution is -2.58. The molecule has 9 amide bonds. The van der Waals surface area contributed by atoms with Gasteiger partial charge in [0.1, 0.15) is 30.0 Å². The lowest BCUT2D eigenvalue weighted by molar-refractivity contribution is -0.141. The smallest absolute Gasteiger partial charge is 0.305 e. The van der Waals surface area contributed by atoms with Gasteiger partial charge in [0.25, 0.3) is 11.8 Å². The molecular weight excluding hydrogens is 1010 g/mol. The first-order valence-corrected chi connectivity index (χ1v) is 25.1. The van der Waals surface area contributed by atoms with Gasteiger partial charge >= 0.3 is 5.97 Å². The van der Waals surface area contributed by atoms with E-state index in [-0.39, 0.29) is 38.2 Å². The van der Waals surface area contributed by atoms with Crippen molar-refractivity contribution >= 4 is 113 Å². The molecule has 17 N–H and O–H groups in total. The van der Waals surface area contributed by atoms with Gasteiger partial charge in [-0.3, -0.25) is 52.9 Å². The van der Waals surface area contributed by atoms with E-state index in [1.807, 2.05) is 0 Å². The Balaban J connectivity index is 3.37. The van der Waals surface area contributed by atoms with Crippen molar-refractivity contribution in [3.05, 3.63) is 35.9 Å². The fourth-order valence-electron chi connectivity index (χ4n) is 6.01. The van der Waals surface area contributed by atoms with Crippen LogP contribution < -0.4 is 65.5 Å². The van der Waals surface area contributed by atoms with Crippen LogP contribution in [0, 0.1) is 0 Å². The second-order valence-electron chi connectivity index (χ2n) is 17.8. The highest BCUT2D eigenvalue weighted by molar-refractivity contribution is 8.02. The Bertz CT molecular complexity index is 2020. The fourth-order valence-corrected chi connectivity index (χ4v) is 8.33. The van der Waals surface area contributed by atoms with Crippen LogP contribution in [0.4, 0.5) is 0 Å². The number of guanidine groups is 1. The molecule has 0 aliphatic carbocycles. The number of thiol groups is 1. The molecule has 28 heteroatoms. The summed E-state index contributed by atoms with van der Waals surface area (Å²) in [6, 6.07) is 2.97. The molecule has 398 valence electrons. The molecule has 0 bridgehead atoms. The van der Waals surface area contributed by atoms with Crippen molar-refractivity contribution in [3.63, 3.8) is 0 Å². The summed E-state index contributed by atoms with van der Waals surface area (Å²) in [7, 11) is 0. The number of unbranched alkanes of at least 4 members (excludes halogenated alkanes) is 1. The summed E-state index contributed by atoms with van der Waals surface area (Å²) >= 11 is 11.6. The molecule has 0 aliphatic heterocycles. The summed E-state index contributed by atoms with van der Waals surface area (Å²) in [4.78, 5) is 135. The van der Waals surface area contributed by atoms with Gasteiger partial charge in [-0.05, 0) is 44.2 Å². The predicted molar refractivity (Wildman–Crippen MR) is 275 cm³/mol. The number of hydrogen-bond acceptors (Lipinski definition) is 15. The zero-order valence-corrected chi connectivity index (χ0v) is 43.9. The largest absolute Gasteiger partial charge is 0.481 e. The second-order valence-corrected chi connectivity index (χ2v) is 22.4. The minimum absolute atomic E-state index is 0.0366. The van der Waals surface area contributed by atoms with E-state index in [4.69, 9.17) is 34.5 Å². The third-order valence-corrected chi connectivity index (χ3v) is 12.4. The number of carbonyl (C=O) groups excluding carboxylic acids is 9. The van der Waals surface area contributed by atoms with Crippen molar-refractivity contribution in [2.24, 2.45) is 27.9 Å². The molecule has 0 heterocycles. The van der Waals surface area contributed by atoms with Gasteiger partial charge in [-0.25, -0.2) is 0 Å². The van der Waals surface area contributed by atoms with E-state index < -0.39 is 128 Å². The number of rotatable bonds is 31.